The van der Waals surface area contributed by atoms with Crippen molar-refractivity contribution in [3.63, 3.8) is 0 Å². The van der Waals surface area contributed by atoms with E-state index < -0.39 is 22.7 Å². The molecule has 0 unspecified atom stereocenters. The van der Waals surface area contributed by atoms with Crippen LogP contribution in [0.5, 0.6) is 5.88 Å². The van der Waals surface area contributed by atoms with Gasteiger partial charge in [-0.1, -0.05) is 23.7 Å². The Bertz CT molecular complexity index is 1370. The summed E-state index contributed by atoms with van der Waals surface area (Å²) in [5.74, 6) is 0.0246. The van der Waals surface area contributed by atoms with Crippen molar-refractivity contribution in [3.8, 4) is 5.88 Å². The number of sulfone groups is 1. The number of para-hydroxylation sites is 1. The highest BCUT2D eigenvalue weighted by molar-refractivity contribution is 7.92. The molecular weight excluding hydrogens is 521 g/mol. The third-order valence-electron chi connectivity index (χ3n) is 4.63. The van der Waals surface area contributed by atoms with E-state index in [-0.39, 0.29) is 44.6 Å². The molecule has 0 atom stereocenters. The summed E-state index contributed by atoms with van der Waals surface area (Å²) in [6, 6.07) is 6.36. The standard InChI is InChI=1S/C19H23ClN7O6PS/c1-11(2)35(29,30)13-9-7-6-8-12(13)22-16-15(20)26-27-19(24-16)25-17-18(31-3)23-14(10-21-17)34(28,32-4)33-5/h6-11H,1-5H3,(H2,21,22,24,25,27). The van der Waals surface area contributed by atoms with E-state index >= 15 is 0 Å². The molecule has 0 aliphatic heterocycles. The fourth-order valence-electron chi connectivity index (χ4n) is 2.74. The lowest BCUT2D eigenvalue weighted by atomic mass is 10.3. The molecule has 0 fully saturated rings. The van der Waals surface area contributed by atoms with Crippen molar-refractivity contribution in [3.05, 3.63) is 35.6 Å². The third kappa shape index (κ3) is 5.68. The first-order valence-electron chi connectivity index (χ1n) is 9.96. The molecule has 0 saturated heterocycles. The van der Waals surface area contributed by atoms with E-state index in [9.17, 15) is 13.0 Å². The highest BCUT2D eigenvalue weighted by Gasteiger charge is 2.29. The highest BCUT2D eigenvalue weighted by atomic mass is 35.5. The number of nitrogens with zero attached hydrogens (tertiary/aromatic N) is 5. The molecule has 0 aliphatic rings. The van der Waals surface area contributed by atoms with E-state index in [1.807, 2.05) is 0 Å². The van der Waals surface area contributed by atoms with Gasteiger partial charge in [0, 0.05) is 14.2 Å². The molecule has 13 nitrogen and oxygen atoms in total. The van der Waals surface area contributed by atoms with Crippen LogP contribution in [0, 0.1) is 0 Å². The van der Waals surface area contributed by atoms with E-state index in [1.54, 1.807) is 32.0 Å². The Kier molecular flexibility index (Phi) is 8.23. The summed E-state index contributed by atoms with van der Waals surface area (Å²) >= 11 is 6.15. The zero-order valence-electron chi connectivity index (χ0n) is 19.4. The fourth-order valence-corrected chi connectivity index (χ4v) is 5.00. The molecule has 2 N–H and O–H groups in total. The molecule has 0 radical (unpaired) electrons. The maximum absolute atomic E-state index is 12.7. The van der Waals surface area contributed by atoms with Gasteiger partial charge in [-0.15, -0.1) is 10.2 Å². The van der Waals surface area contributed by atoms with Crippen LogP contribution in [0.4, 0.5) is 23.3 Å². The van der Waals surface area contributed by atoms with Crippen LogP contribution in [0.1, 0.15) is 13.8 Å². The van der Waals surface area contributed by atoms with Crippen LogP contribution >= 0.6 is 19.2 Å². The molecule has 35 heavy (non-hydrogen) atoms. The van der Waals surface area contributed by atoms with Gasteiger partial charge in [0.2, 0.25) is 0 Å². The first-order valence-corrected chi connectivity index (χ1v) is 13.4. The molecule has 1 aromatic carbocycles. The second-order valence-corrected chi connectivity index (χ2v) is 12.1. The smallest absolute Gasteiger partial charge is 0.380 e. The number of hydrogen-bond donors (Lipinski definition) is 2. The molecule has 3 rings (SSSR count). The number of methoxy groups -OCH3 is 1. The van der Waals surface area contributed by atoms with Gasteiger partial charge in [0.15, 0.2) is 32.1 Å². The zero-order chi connectivity index (χ0) is 25.8. The van der Waals surface area contributed by atoms with Crippen LogP contribution in [0.3, 0.4) is 0 Å². The normalized spacial score (nSPS) is 12.0. The van der Waals surface area contributed by atoms with Crippen LogP contribution < -0.4 is 20.8 Å². The maximum Gasteiger partial charge on any atom is 0.380 e. The van der Waals surface area contributed by atoms with E-state index in [0.29, 0.717) is 0 Å². The molecule has 16 heteroatoms. The van der Waals surface area contributed by atoms with Crippen molar-refractivity contribution in [2.24, 2.45) is 0 Å². The first-order chi connectivity index (χ1) is 16.6. The zero-order valence-corrected chi connectivity index (χ0v) is 21.8. The number of nitrogens with one attached hydrogen (secondary N) is 2. The summed E-state index contributed by atoms with van der Waals surface area (Å²) in [5, 5.41) is 12.7. The minimum Gasteiger partial charge on any atom is -0.478 e. The number of benzene rings is 1. The van der Waals surface area contributed by atoms with Gasteiger partial charge < -0.3 is 24.4 Å². The Morgan fingerprint density at radius 1 is 1.00 bits per heavy atom. The van der Waals surface area contributed by atoms with Gasteiger partial charge in [-0.3, -0.25) is 4.57 Å². The minimum atomic E-state index is -3.66. The average molecular weight is 544 g/mol. The van der Waals surface area contributed by atoms with Crippen LogP contribution in [-0.2, 0) is 23.4 Å². The number of hydrogen-bond acceptors (Lipinski definition) is 13. The van der Waals surface area contributed by atoms with Crippen molar-refractivity contribution in [1.29, 1.82) is 0 Å². The monoisotopic (exact) mass is 543 g/mol. The van der Waals surface area contributed by atoms with Crippen LogP contribution in [0.25, 0.3) is 0 Å². The Labute approximate surface area is 207 Å². The average Bonchev–Trinajstić information content (AvgIpc) is 2.85. The van der Waals surface area contributed by atoms with Gasteiger partial charge in [0.25, 0.3) is 11.8 Å². The lowest BCUT2D eigenvalue weighted by molar-refractivity contribution is 0.286. The Hall–Kier alpha value is -2.90. The van der Waals surface area contributed by atoms with Gasteiger partial charge in [0.05, 0.1) is 29.1 Å². The van der Waals surface area contributed by atoms with E-state index in [0.717, 1.165) is 0 Å². The molecule has 2 aromatic heterocycles. The van der Waals surface area contributed by atoms with Crippen molar-refractivity contribution >= 4 is 57.7 Å². The summed E-state index contributed by atoms with van der Waals surface area (Å²) in [4.78, 5) is 12.6. The second kappa shape index (κ2) is 10.8. The number of halogens is 1. The summed E-state index contributed by atoms with van der Waals surface area (Å²) in [7, 11) is -3.47. The van der Waals surface area contributed by atoms with Crippen LogP contribution in [-0.4, -0.2) is 60.1 Å². The summed E-state index contributed by atoms with van der Waals surface area (Å²) < 4.78 is 53.1. The fraction of sp³-hybridized carbons (Fsp3) is 0.316. The number of ether oxygens (including phenoxy) is 1. The SMILES string of the molecule is COc1nc(P(=O)(OC)OC)cnc1Nc1nnc(Cl)c(Nc2ccccc2S(=O)(=O)C(C)C)n1. The van der Waals surface area contributed by atoms with Gasteiger partial charge in [-0.2, -0.15) is 4.98 Å². The lowest BCUT2D eigenvalue weighted by Crippen LogP contribution is -2.16. The first kappa shape index (κ1) is 26.7. The molecule has 0 bridgehead atoms. The molecule has 0 spiro atoms. The van der Waals surface area contributed by atoms with E-state index in [4.69, 9.17) is 25.4 Å². The predicted octanol–water partition coefficient (Wildman–Crippen LogP) is 3.10. The number of aromatic nitrogens is 5. The molecule has 2 heterocycles. The van der Waals surface area contributed by atoms with Gasteiger partial charge >= 0.3 is 7.60 Å². The van der Waals surface area contributed by atoms with Crippen molar-refractivity contribution in [2.45, 2.75) is 24.0 Å². The highest BCUT2D eigenvalue weighted by Crippen LogP contribution is 2.44. The number of anilines is 4. The predicted molar refractivity (Wildman–Crippen MR) is 130 cm³/mol. The lowest BCUT2D eigenvalue weighted by Gasteiger charge is -2.15. The molecule has 0 amide bonds. The van der Waals surface area contributed by atoms with Crippen molar-refractivity contribution in [2.75, 3.05) is 32.0 Å². The van der Waals surface area contributed by atoms with Crippen molar-refractivity contribution in [1.82, 2.24) is 25.1 Å². The summed E-state index contributed by atoms with van der Waals surface area (Å²) in [6.07, 6.45) is 1.19. The Morgan fingerprint density at radius 2 is 1.69 bits per heavy atom. The molecule has 0 aliphatic carbocycles. The molecule has 0 saturated carbocycles. The van der Waals surface area contributed by atoms with E-state index in [2.05, 4.69) is 35.8 Å². The third-order valence-corrected chi connectivity index (χ3v) is 8.83. The largest absolute Gasteiger partial charge is 0.478 e. The molecule has 3 aromatic rings. The summed E-state index contributed by atoms with van der Waals surface area (Å²) in [5.41, 5.74) is 0.205. The van der Waals surface area contributed by atoms with Crippen LogP contribution in [0.2, 0.25) is 5.15 Å². The molecule has 188 valence electrons. The van der Waals surface area contributed by atoms with Gasteiger partial charge in [-0.05, 0) is 26.0 Å². The van der Waals surface area contributed by atoms with Gasteiger partial charge in [0.1, 0.15) is 0 Å². The van der Waals surface area contributed by atoms with Crippen LogP contribution in [0.15, 0.2) is 35.4 Å². The maximum atomic E-state index is 12.7. The number of rotatable bonds is 10. The quantitative estimate of drug-likeness (QED) is 0.358. The van der Waals surface area contributed by atoms with Gasteiger partial charge in [-0.25, -0.2) is 18.4 Å². The second-order valence-electron chi connectivity index (χ2n) is 7.06. The van der Waals surface area contributed by atoms with Crippen molar-refractivity contribution < 1.29 is 26.8 Å². The molecular formula is C19H23ClN7O6PS. The topological polar surface area (TPSA) is 167 Å². The summed E-state index contributed by atoms with van der Waals surface area (Å²) in [6.45, 7) is 3.18. The van der Waals surface area contributed by atoms with E-state index in [1.165, 1.54) is 33.6 Å². The Balaban J connectivity index is 1.95. The Morgan fingerprint density at radius 3 is 2.31 bits per heavy atom. The minimum absolute atomic E-state index is 0.0433.